The average Bonchev–Trinajstić information content (AvgIpc) is 2.78. The molecule has 186 valence electrons. The van der Waals surface area contributed by atoms with Crippen molar-refractivity contribution in [1.29, 1.82) is 0 Å². The minimum absolute atomic E-state index is 0.0447. The fourth-order valence-electron chi connectivity index (χ4n) is 3.22. The number of carbonyl (C=O) groups is 2. The van der Waals surface area contributed by atoms with Crippen LogP contribution in [0, 0.1) is 11.6 Å². The predicted octanol–water partition coefficient (Wildman–Crippen LogP) is 5.74. The Balaban J connectivity index is 1.55. The first-order valence-corrected chi connectivity index (χ1v) is 10.7. The zero-order valence-electron chi connectivity index (χ0n) is 18.0. The number of fused-ring (bicyclic) bond motifs is 1. The van der Waals surface area contributed by atoms with Crippen molar-refractivity contribution in [2.45, 2.75) is 19.0 Å². The van der Waals surface area contributed by atoms with Crippen LogP contribution >= 0.6 is 11.6 Å². The van der Waals surface area contributed by atoms with Crippen LogP contribution < -0.4 is 5.32 Å². The van der Waals surface area contributed by atoms with Crippen molar-refractivity contribution in [3.63, 3.8) is 0 Å². The van der Waals surface area contributed by atoms with Crippen LogP contribution in [0.25, 0.3) is 10.8 Å². The maximum atomic E-state index is 13.5. The third kappa shape index (κ3) is 7.78. The monoisotopic (exact) mass is 515 g/mol. The molecular weight excluding hydrogens is 497 g/mol. The Morgan fingerprint density at radius 3 is 2.60 bits per heavy atom. The third-order valence-corrected chi connectivity index (χ3v) is 5.29. The maximum Gasteiger partial charge on any atom is 0.412 e. The van der Waals surface area contributed by atoms with Crippen molar-refractivity contribution < 1.29 is 36.3 Å². The number of alkyl halides is 3. The van der Waals surface area contributed by atoms with Crippen LogP contribution in [-0.4, -0.2) is 47.8 Å². The van der Waals surface area contributed by atoms with Gasteiger partial charge in [-0.1, -0.05) is 23.7 Å². The molecule has 0 saturated carbocycles. The molecule has 2 aromatic carbocycles. The van der Waals surface area contributed by atoms with Crippen molar-refractivity contribution in [2.75, 3.05) is 25.0 Å². The Bertz CT molecular complexity index is 1220. The normalized spacial score (nSPS) is 11.4. The molecule has 6 nitrogen and oxygen atoms in total. The molecule has 3 aromatic rings. The number of amides is 2. The first-order chi connectivity index (χ1) is 16.5. The van der Waals surface area contributed by atoms with Gasteiger partial charge in [0.2, 0.25) is 5.91 Å². The lowest BCUT2D eigenvalue weighted by atomic mass is 10.1. The largest absolute Gasteiger partial charge is 0.447 e. The number of aromatic nitrogens is 1. The highest BCUT2D eigenvalue weighted by atomic mass is 35.5. The van der Waals surface area contributed by atoms with E-state index in [0.29, 0.717) is 15.7 Å². The molecule has 0 bridgehead atoms. The molecule has 3 rings (SSSR count). The van der Waals surface area contributed by atoms with Gasteiger partial charge in [-0.2, -0.15) is 13.2 Å². The first-order valence-electron chi connectivity index (χ1n) is 10.3. The molecule has 0 aliphatic heterocycles. The van der Waals surface area contributed by atoms with Crippen LogP contribution in [0.2, 0.25) is 5.02 Å². The SMILES string of the molecule is O=C(Nc1cc2cc(F)ccc2cn1)OCCN(CC(F)(F)F)C(=O)CCc1cccc(F)c1Cl. The Morgan fingerprint density at radius 2 is 1.86 bits per heavy atom. The van der Waals surface area contributed by atoms with E-state index in [4.69, 9.17) is 16.3 Å². The quantitative estimate of drug-likeness (QED) is 0.388. The van der Waals surface area contributed by atoms with Crippen molar-refractivity contribution >= 4 is 40.2 Å². The fraction of sp³-hybridized carbons (Fsp3) is 0.261. The van der Waals surface area contributed by atoms with E-state index < -0.39 is 49.5 Å². The van der Waals surface area contributed by atoms with Gasteiger partial charge in [-0.15, -0.1) is 0 Å². The number of aryl methyl sites for hydroxylation is 1. The molecule has 12 heteroatoms. The van der Waals surface area contributed by atoms with Crippen molar-refractivity contribution in [1.82, 2.24) is 9.88 Å². The molecule has 0 radical (unpaired) electrons. The van der Waals surface area contributed by atoms with Gasteiger partial charge >= 0.3 is 12.3 Å². The minimum Gasteiger partial charge on any atom is -0.447 e. The van der Waals surface area contributed by atoms with Crippen LogP contribution in [0.4, 0.5) is 32.6 Å². The Labute approximate surface area is 201 Å². The second kappa shape index (κ2) is 11.3. The number of hydrogen-bond acceptors (Lipinski definition) is 4. The van der Waals surface area contributed by atoms with Gasteiger partial charge in [-0.05, 0) is 47.7 Å². The molecule has 2 amide bonds. The average molecular weight is 516 g/mol. The fourth-order valence-corrected chi connectivity index (χ4v) is 3.44. The molecule has 0 aliphatic rings. The van der Waals surface area contributed by atoms with E-state index >= 15 is 0 Å². The number of pyridine rings is 1. The lowest BCUT2D eigenvalue weighted by Gasteiger charge is -2.24. The number of benzene rings is 2. The summed E-state index contributed by atoms with van der Waals surface area (Å²) in [5, 5.41) is 3.19. The number of hydrogen-bond donors (Lipinski definition) is 1. The van der Waals surface area contributed by atoms with Gasteiger partial charge in [0, 0.05) is 18.0 Å². The summed E-state index contributed by atoms with van der Waals surface area (Å²) in [7, 11) is 0. The Kier molecular flexibility index (Phi) is 8.44. The zero-order valence-corrected chi connectivity index (χ0v) is 18.8. The number of rotatable bonds is 8. The molecule has 0 atom stereocenters. The summed E-state index contributed by atoms with van der Waals surface area (Å²) in [5.41, 5.74) is 0.283. The van der Waals surface area contributed by atoms with E-state index in [0.717, 1.165) is 6.07 Å². The second-order valence-electron chi connectivity index (χ2n) is 7.47. The van der Waals surface area contributed by atoms with E-state index in [1.807, 2.05) is 0 Å². The van der Waals surface area contributed by atoms with Gasteiger partial charge in [0.05, 0.1) is 11.6 Å². The van der Waals surface area contributed by atoms with Gasteiger partial charge in [0.1, 0.15) is 30.6 Å². The van der Waals surface area contributed by atoms with Crippen molar-refractivity contribution in [2.24, 2.45) is 0 Å². The van der Waals surface area contributed by atoms with Crippen LogP contribution in [0.5, 0.6) is 0 Å². The molecule has 1 heterocycles. The van der Waals surface area contributed by atoms with Crippen molar-refractivity contribution in [3.8, 4) is 0 Å². The topological polar surface area (TPSA) is 71.5 Å². The van der Waals surface area contributed by atoms with E-state index in [1.165, 1.54) is 42.6 Å². The zero-order chi connectivity index (χ0) is 25.6. The van der Waals surface area contributed by atoms with Crippen LogP contribution in [-0.2, 0) is 16.0 Å². The van der Waals surface area contributed by atoms with Crippen LogP contribution in [0.15, 0.2) is 48.7 Å². The van der Waals surface area contributed by atoms with Gasteiger partial charge in [0.25, 0.3) is 0 Å². The predicted molar refractivity (Wildman–Crippen MR) is 119 cm³/mol. The maximum absolute atomic E-state index is 13.5. The van der Waals surface area contributed by atoms with E-state index in [9.17, 15) is 31.5 Å². The molecule has 1 aromatic heterocycles. The summed E-state index contributed by atoms with van der Waals surface area (Å²) < 4.78 is 70.6. The summed E-state index contributed by atoms with van der Waals surface area (Å²) in [6.07, 6.45) is -4.72. The van der Waals surface area contributed by atoms with E-state index in [1.54, 1.807) is 0 Å². The number of carbonyl (C=O) groups excluding carboxylic acids is 2. The Morgan fingerprint density at radius 1 is 1.09 bits per heavy atom. The molecule has 0 aliphatic carbocycles. The standard InChI is InChI=1S/C23H19ClF5N3O3/c24-21-14(2-1-3-18(21)26)5-7-20(33)32(13-23(27,28)29)8-9-35-22(34)31-19-11-16-10-17(25)6-4-15(16)12-30-19/h1-4,6,10-12H,5,7-9,13H2,(H,30,31,34). The number of ether oxygens (including phenoxy) is 1. The van der Waals surface area contributed by atoms with Crippen molar-refractivity contribution in [3.05, 3.63) is 70.9 Å². The van der Waals surface area contributed by atoms with Gasteiger partial charge in [-0.25, -0.2) is 18.6 Å². The summed E-state index contributed by atoms with van der Waals surface area (Å²) in [6, 6.07) is 9.37. The number of halogens is 6. The minimum atomic E-state index is -4.68. The Hall–Kier alpha value is -3.47. The summed E-state index contributed by atoms with van der Waals surface area (Å²) >= 11 is 5.82. The van der Waals surface area contributed by atoms with Gasteiger partial charge in [-0.3, -0.25) is 10.1 Å². The third-order valence-electron chi connectivity index (χ3n) is 4.87. The molecular formula is C23H19ClF5N3O3. The molecule has 0 unspecified atom stereocenters. The van der Waals surface area contributed by atoms with E-state index in [2.05, 4.69) is 10.3 Å². The first kappa shape index (κ1) is 26.1. The number of nitrogens with one attached hydrogen (secondary N) is 1. The lowest BCUT2D eigenvalue weighted by Crippen LogP contribution is -2.41. The number of anilines is 1. The summed E-state index contributed by atoms with van der Waals surface area (Å²) in [5.74, 6) is -2.01. The highest BCUT2D eigenvalue weighted by molar-refractivity contribution is 6.31. The van der Waals surface area contributed by atoms with Crippen LogP contribution in [0.1, 0.15) is 12.0 Å². The highest BCUT2D eigenvalue weighted by Crippen LogP contribution is 2.22. The smallest absolute Gasteiger partial charge is 0.412 e. The van der Waals surface area contributed by atoms with Gasteiger partial charge in [0.15, 0.2) is 0 Å². The number of nitrogens with zero attached hydrogens (tertiary/aromatic N) is 2. The van der Waals surface area contributed by atoms with E-state index in [-0.39, 0.29) is 29.2 Å². The molecule has 0 saturated heterocycles. The second-order valence-corrected chi connectivity index (χ2v) is 7.84. The molecule has 0 spiro atoms. The highest BCUT2D eigenvalue weighted by Gasteiger charge is 2.33. The molecule has 35 heavy (non-hydrogen) atoms. The molecule has 0 fully saturated rings. The molecule has 1 N–H and O–H groups in total. The van der Waals surface area contributed by atoms with Gasteiger partial charge < -0.3 is 9.64 Å². The summed E-state index contributed by atoms with van der Waals surface area (Å²) in [6.45, 7) is -2.61. The van der Waals surface area contributed by atoms with Crippen LogP contribution in [0.3, 0.4) is 0 Å². The lowest BCUT2D eigenvalue weighted by molar-refractivity contribution is -0.162. The summed E-state index contributed by atoms with van der Waals surface area (Å²) in [4.78, 5) is 28.9.